The molecule has 0 radical (unpaired) electrons. The molecule has 1 aromatic heterocycles. The average molecular weight is 289 g/mol. The molecule has 108 valence electrons. The SMILES string of the molecule is CC(NCCOCCCc1ccccc1)c1cccs1. The Labute approximate surface area is 125 Å². The van der Waals surface area contributed by atoms with Crippen molar-refractivity contribution >= 4 is 11.3 Å². The largest absolute Gasteiger partial charge is 0.380 e. The second kappa shape index (κ2) is 8.90. The topological polar surface area (TPSA) is 21.3 Å². The van der Waals surface area contributed by atoms with Crippen LogP contribution in [-0.4, -0.2) is 19.8 Å². The van der Waals surface area contributed by atoms with E-state index in [-0.39, 0.29) is 0 Å². The summed E-state index contributed by atoms with van der Waals surface area (Å²) in [7, 11) is 0. The molecule has 0 saturated carbocycles. The number of aryl methyl sites for hydroxylation is 1. The van der Waals surface area contributed by atoms with E-state index in [4.69, 9.17) is 4.74 Å². The van der Waals surface area contributed by atoms with E-state index in [1.807, 2.05) is 0 Å². The van der Waals surface area contributed by atoms with E-state index in [2.05, 4.69) is 60.1 Å². The van der Waals surface area contributed by atoms with Crippen LogP contribution in [0.3, 0.4) is 0 Å². The summed E-state index contributed by atoms with van der Waals surface area (Å²) in [5.74, 6) is 0. The molecule has 0 amide bonds. The minimum atomic E-state index is 0.419. The molecule has 2 aromatic rings. The molecule has 0 bridgehead atoms. The highest BCUT2D eigenvalue weighted by molar-refractivity contribution is 7.10. The molecule has 1 heterocycles. The predicted octanol–water partition coefficient (Wildman–Crippen LogP) is 4.05. The molecule has 1 unspecified atom stereocenters. The number of nitrogens with one attached hydrogen (secondary N) is 1. The van der Waals surface area contributed by atoms with Gasteiger partial charge in [-0.2, -0.15) is 0 Å². The molecule has 20 heavy (non-hydrogen) atoms. The first-order valence-electron chi connectivity index (χ1n) is 7.25. The molecule has 0 spiro atoms. The summed E-state index contributed by atoms with van der Waals surface area (Å²) < 4.78 is 5.66. The van der Waals surface area contributed by atoms with Crippen LogP contribution in [0.5, 0.6) is 0 Å². The van der Waals surface area contributed by atoms with E-state index in [1.165, 1.54) is 10.4 Å². The summed E-state index contributed by atoms with van der Waals surface area (Å²) in [6.45, 7) is 4.72. The fourth-order valence-corrected chi connectivity index (χ4v) is 2.87. The van der Waals surface area contributed by atoms with Crippen molar-refractivity contribution in [2.24, 2.45) is 0 Å². The van der Waals surface area contributed by atoms with Crippen LogP contribution in [0.4, 0.5) is 0 Å². The predicted molar refractivity (Wildman–Crippen MR) is 86.3 cm³/mol. The first kappa shape index (κ1) is 15.2. The molecular weight excluding hydrogens is 266 g/mol. The quantitative estimate of drug-likeness (QED) is 0.703. The average Bonchev–Trinajstić information content (AvgIpc) is 3.01. The number of rotatable bonds is 9. The van der Waals surface area contributed by atoms with Crippen LogP contribution in [0.15, 0.2) is 47.8 Å². The fourth-order valence-electron chi connectivity index (χ4n) is 2.11. The van der Waals surface area contributed by atoms with Gasteiger partial charge >= 0.3 is 0 Å². The van der Waals surface area contributed by atoms with E-state index < -0.39 is 0 Å². The summed E-state index contributed by atoms with van der Waals surface area (Å²) in [6, 6.07) is 15.3. The number of ether oxygens (including phenoxy) is 1. The molecule has 3 heteroatoms. The van der Waals surface area contributed by atoms with Crippen LogP contribution in [0.2, 0.25) is 0 Å². The first-order chi connectivity index (χ1) is 9.86. The van der Waals surface area contributed by atoms with E-state index in [9.17, 15) is 0 Å². The Bertz CT molecular complexity index is 455. The molecule has 0 aliphatic carbocycles. The van der Waals surface area contributed by atoms with Crippen LogP contribution in [0, 0.1) is 0 Å². The highest BCUT2D eigenvalue weighted by Crippen LogP contribution is 2.17. The minimum Gasteiger partial charge on any atom is -0.380 e. The van der Waals surface area contributed by atoms with Gasteiger partial charge in [0.15, 0.2) is 0 Å². The standard InChI is InChI=1S/C17H23NOS/c1-15(17-10-6-14-20-17)18-11-13-19-12-5-9-16-7-3-2-4-8-16/h2-4,6-8,10,14-15,18H,5,9,11-13H2,1H3. The number of thiophene rings is 1. The zero-order chi connectivity index (χ0) is 14.0. The van der Waals surface area contributed by atoms with Crippen LogP contribution in [0.25, 0.3) is 0 Å². The van der Waals surface area contributed by atoms with Crippen molar-refractivity contribution in [3.63, 3.8) is 0 Å². The molecular formula is C17H23NOS. The Morgan fingerprint density at radius 3 is 2.70 bits per heavy atom. The van der Waals surface area contributed by atoms with Crippen LogP contribution in [0.1, 0.15) is 29.8 Å². The van der Waals surface area contributed by atoms with Crippen molar-refractivity contribution in [1.82, 2.24) is 5.32 Å². The molecule has 0 aliphatic heterocycles. The lowest BCUT2D eigenvalue weighted by atomic mass is 10.1. The lowest BCUT2D eigenvalue weighted by molar-refractivity contribution is 0.132. The Morgan fingerprint density at radius 1 is 1.10 bits per heavy atom. The van der Waals surface area contributed by atoms with E-state index >= 15 is 0 Å². The molecule has 0 aliphatic rings. The Morgan fingerprint density at radius 2 is 1.95 bits per heavy atom. The molecule has 2 nitrogen and oxygen atoms in total. The second-order valence-corrected chi connectivity index (χ2v) is 5.87. The van der Waals surface area contributed by atoms with Gasteiger partial charge in [-0.1, -0.05) is 36.4 Å². The molecule has 0 fully saturated rings. The lowest BCUT2D eigenvalue weighted by Gasteiger charge is -2.12. The van der Waals surface area contributed by atoms with Gasteiger partial charge in [0.1, 0.15) is 0 Å². The van der Waals surface area contributed by atoms with Gasteiger partial charge in [-0.25, -0.2) is 0 Å². The van der Waals surface area contributed by atoms with Gasteiger partial charge in [0.05, 0.1) is 6.61 Å². The van der Waals surface area contributed by atoms with Crippen LogP contribution in [-0.2, 0) is 11.2 Å². The highest BCUT2D eigenvalue weighted by Gasteiger charge is 2.04. The second-order valence-electron chi connectivity index (χ2n) is 4.89. The Hall–Kier alpha value is -1.16. The minimum absolute atomic E-state index is 0.419. The number of benzene rings is 1. The summed E-state index contributed by atoms with van der Waals surface area (Å²) in [5.41, 5.74) is 1.39. The van der Waals surface area contributed by atoms with Crippen molar-refractivity contribution in [2.75, 3.05) is 19.8 Å². The Kier molecular flexibility index (Phi) is 6.78. The van der Waals surface area contributed by atoms with Crippen molar-refractivity contribution in [3.8, 4) is 0 Å². The van der Waals surface area contributed by atoms with E-state index in [1.54, 1.807) is 11.3 Å². The smallest absolute Gasteiger partial charge is 0.0591 e. The van der Waals surface area contributed by atoms with Crippen molar-refractivity contribution in [1.29, 1.82) is 0 Å². The lowest BCUT2D eigenvalue weighted by Crippen LogP contribution is -2.22. The van der Waals surface area contributed by atoms with Crippen LogP contribution < -0.4 is 5.32 Å². The van der Waals surface area contributed by atoms with Crippen molar-refractivity contribution in [2.45, 2.75) is 25.8 Å². The van der Waals surface area contributed by atoms with Crippen molar-refractivity contribution < 1.29 is 4.74 Å². The maximum Gasteiger partial charge on any atom is 0.0591 e. The zero-order valence-electron chi connectivity index (χ0n) is 12.0. The highest BCUT2D eigenvalue weighted by atomic mass is 32.1. The molecule has 0 saturated heterocycles. The molecule has 1 aromatic carbocycles. The summed E-state index contributed by atoms with van der Waals surface area (Å²) >= 11 is 1.80. The van der Waals surface area contributed by atoms with Gasteiger partial charge in [0.25, 0.3) is 0 Å². The summed E-state index contributed by atoms with van der Waals surface area (Å²) in [5, 5.41) is 5.60. The van der Waals surface area contributed by atoms with Gasteiger partial charge in [0, 0.05) is 24.1 Å². The zero-order valence-corrected chi connectivity index (χ0v) is 12.9. The van der Waals surface area contributed by atoms with Gasteiger partial charge in [-0.3, -0.25) is 0 Å². The van der Waals surface area contributed by atoms with Gasteiger partial charge in [0.2, 0.25) is 0 Å². The van der Waals surface area contributed by atoms with Crippen LogP contribution >= 0.6 is 11.3 Å². The third-order valence-electron chi connectivity index (χ3n) is 3.26. The fraction of sp³-hybridized carbons (Fsp3) is 0.412. The van der Waals surface area contributed by atoms with Gasteiger partial charge in [-0.05, 0) is 36.8 Å². The summed E-state index contributed by atoms with van der Waals surface area (Å²) in [6.07, 6.45) is 2.18. The van der Waals surface area contributed by atoms with Crippen molar-refractivity contribution in [3.05, 3.63) is 58.3 Å². The summed E-state index contributed by atoms with van der Waals surface area (Å²) in [4.78, 5) is 1.38. The monoisotopic (exact) mass is 289 g/mol. The van der Waals surface area contributed by atoms with Gasteiger partial charge in [-0.15, -0.1) is 11.3 Å². The third kappa shape index (κ3) is 5.45. The molecule has 2 rings (SSSR count). The van der Waals surface area contributed by atoms with E-state index in [0.717, 1.165) is 32.6 Å². The maximum atomic E-state index is 5.66. The third-order valence-corrected chi connectivity index (χ3v) is 4.32. The maximum absolute atomic E-state index is 5.66. The Balaban J connectivity index is 1.48. The first-order valence-corrected chi connectivity index (χ1v) is 8.12. The normalized spacial score (nSPS) is 12.4. The van der Waals surface area contributed by atoms with E-state index in [0.29, 0.717) is 6.04 Å². The molecule has 1 N–H and O–H groups in total. The molecule has 1 atom stereocenters. The number of hydrogen-bond donors (Lipinski definition) is 1. The van der Waals surface area contributed by atoms with Gasteiger partial charge < -0.3 is 10.1 Å². The number of hydrogen-bond acceptors (Lipinski definition) is 3.